The van der Waals surface area contributed by atoms with E-state index in [2.05, 4.69) is 4.74 Å². The molecule has 1 atom stereocenters. The van der Waals surface area contributed by atoms with Gasteiger partial charge >= 0.3 is 6.36 Å². The van der Waals surface area contributed by atoms with Gasteiger partial charge in [0.1, 0.15) is 5.75 Å². The molecule has 114 valence electrons. The van der Waals surface area contributed by atoms with Crippen molar-refractivity contribution in [3.8, 4) is 5.75 Å². The molecule has 2 aromatic carbocycles. The van der Waals surface area contributed by atoms with Crippen LogP contribution in [0.2, 0.25) is 0 Å². The van der Waals surface area contributed by atoms with Crippen LogP contribution in [0.15, 0.2) is 48.5 Å². The largest absolute Gasteiger partial charge is 0.573 e. The fourth-order valence-electron chi connectivity index (χ4n) is 1.93. The molecule has 0 spiro atoms. The average molecular weight is 318 g/mol. The fourth-order valence-corrected chi connectivity index (χ4v) is 1.93. The Morgan fingerprint density at radius 3 is 2.14 bits per heavy atom. The lowest BCUT2D eigenvalue weighted by molar-refractivity contribution is -0.274. The first-order valence-electron chi connectivity index (χ1n) is 6.03. The smallest absolute Gasteiger partial charge is 0.406 e. The lowest BCUT2D eigenvalue weighted by Gasteiger charge is -2.14. The second kappa shape index (κ2) is 6.83. The molecule has 2 N–H and O–H groups in total. The van der Waals surface area contributed by atoms with Crippen LogP contribution in [0, 0.1) is 6.92 Å². The molecule has 0 aliphatic heterocycles. The van der Waals surface area contributed by atoms with Crippen molar-refractivity contribution in [1.82, 2.24) is 0 Å². The summed E-state index contributed by atoms with van der Waals surface area (Å²) in [5, 5.41) is 0. The molecule has 0 aliphatic rings. The topological polar surface area (TPSA) is 35.2 Å². The maximum Gasteiger partial charge on any atom is 0.573 e. The van der Waals surface area contributed by atoms with Gasteiger partial charge in [-0.2, -0.15) is 0 Å². The second-order valence-corrected chi connectivity index (χ2v) is 4.51. The maximum absolute atomic E-state index is 12.1. The van der Waals surface area contributed by atoms with Crippen molar-refractivity contribution < 1.29 is 17.9 Å². The van der Waals surface area contributed by atoms with Gasteiger partial charge in [0.25, 0.3) is 0 Å². The number of benzene rings is 2. The maximum atomic E-state index is 12.1. The van der Waals surface area contributed by atoms with Crippen LogP contribution in [-0.4, -0.2) is 6.36 Å². The van der Waals surface area contributed by atoms with Gasteiger partial charge in [0.15, 0.2) is 0 Å². The van der Waals surface area contributed by atoms with E-state index in [0.29, 0.717) is 0 Å². The van der Waals surface area contributed by atoms with Gasteiger partial charge in [0, 0.05) is 0 Å². The third-order valence-corrected chi connectivity index (χ3v) is 2.87. The van der Waals surface area contributed by atoms with E-state index in [4.69, 9.17) is 5.73 Å². The van der Waals surface area contributed by atoms with E-state index in [9.17, 15) is 13.2 Å². The lowest BCUT2D eigenvalue weighted by atomic mass is 9.98. The molecule has 0 saturated heterocycles. The molecular formula is C15H15ClF3NO. The highest BCUT2D eigenvalue weighted by Gasteiger charge is 2.31. The minimum Gasteiger partial charge on any atom is -0.406 e. The quantitative estimate of drug-likeness (QED) is 0.912. The summed E-state index contributed by atoms with van der Waals surface area (Å²) < 4.78 is 40.0. The van der Waals surface area contributed by atoms with Crippen LogP contribution in [0.3, 0.4) is 0 Å². The lowest BCUT2D eigenvalue weighted by Crippen LogP contribution is -2.17. The molecule has 0 unspecified atom stereocenters. The van der Waals surface area contributed by atoms with E-state index in [1.807, 2.05) is 31.2 Å². The average Bonchev–Trinajstić information content (AvgIpc) is 2.37. The minimum atomic E-state index is -4.68. The monoisotopic (exact) mass is 317 g/mol. The van der Waals surface area contributed by atoms with Crippen LogP contribution in [0.5, 0.6) is 5.75 Å². The van der Waals surface area contributed by atoms with E-state index in [0.717, 1.165) is 16.7 Å². The van der Waals surface area contributed by atoms with Gasteiger partial charge in [-0.25, -0.2) is 0 Å². The predicted octanol–water partition coefficient (Wildman–Crippen LogP) is 4.36. The van der Waals surface area contributed by atoms with Crippen LogP contribution in [0.25, 0.3) is 0 Å². The zero-order valence-corrected chi connectivity index (χ0v) is 12.0. The Morgan fingerprint density at radius 2 is 1.62 bits per heavy atom. The summed E-state index contributed by atoms with van der Waals surface area (Å²) >= 11 is 0. The molecule has 0 aromatic heterocycles. The first-order valence-corrected chi connectivity index (χ1v) is 6.03. The summed E-state index contributed by atoms with van der Waals surface area (Å²) in [6.07, 6.45) is -4.68. The Morgan fingerprint density at radius 1 is 1.00 bits per heavy atom. The van der Waals surface area contributed by atoms with Crippen LogP contribution in [0.4, 0.5) is 13.2 Å². The summed E-state index contributed by atoms with van der Waals surface area (Å²) in [6.45, 7) is 1.95. The van der Waals surface area contributed by atoms with Gasteiger partial charge in [0.05, 0.1) is 6.04 Å². The van der Waals surface area contributed by atoms with Crippen molar-refractivity contribution in [1.29, 1.82) is 0 Å². The molecule has 2 nitrogen and oxygen atoms in total. The Labute approximate surface area is 127 Å². The van der Waals surface area contributed by atoms with Crippen molar-refractivity contribution in [3.63, 3.8) is 0 Å². The zero-order valence-electron chi connectivity index (χ0n) is 11.2. The highest BCUT2D eigenvalue weighted by molar-refractivity contribution is 5.85. The summed E-state index contributed by atoms with van der Waals surface area (Å²) in [6, 6.07) is 12.9. The SMILES string of the molecule is Cc1cccc([C@H](N)c2ccc(OC(F)(F)F)cc2)c1.Cl. The molecule has 0 amide bonds. The van der Waals surface area contributed by atoms with E-state index in [-0.39, 0.29) is 24.2 Å². The fraction of sp³-hybridized carbons (Fsp3) is 0.200. The molecule has 0 aliphatic carbocycles. The molecule has 0 saturated carbocycles. The van der Waals surface area contributed by atoms with E-state index in [1.54, 1.807) is 0 Å². The van der Waals surface area contributed by atoms with Crippen LogP contribution < -0.4 is 10.5 Å². The number of halogens is 4. The Bertz CT molecular complexity index is 584. The zero-order chi connectivity index (χ0) is 14.8. The highest BCUT2D eigenvalue weighted by Crippen LogP contribution is 2.26. The number of aryl methyl sites for hydroxylation is 1. The summed E-state index contributed by atoms with van der Waals surface area (Å²) in [5.74, 6) is -0.252. The van der Waals surface area contributed by atoms with Gasteiger partial charge < -0.3 is 10.5 Å². The van der Waals surface area contributed by atoms with Gasteiger partial charge in [-0.15, -0.1) is 25.6 Å². The Kier molecular flexibility index (Phi) is 5.63. The number of rotatable bonds is 3. The molecule has 0 radical (unpaired) electrons. The third-order valence-electron chi connectivity index (χ3n) is 2.87. The van der Waals surface area contributed by atoms with E-state index < -0.39 is 6.36 Å². The van der Waals surface area contributed by atoms with Gasteiger partial charge in [-0.3, -0.25) is 0 Å². The summed E-state index contributed by atoms with van der Waals surface area (Å²) in [4.78, 5) is 0. The molecule has 0 heterocycles. The van der Waals surface area contributed by atoms with Gasteiger partial charge in [-0.05, 0) is 30.2 Å². The van der Waals surface area contributed by atoms with Crippen LogP contribution in [0.1, 0.15) is 22.7 Å². The molecule has 2 aromatic rings. The number of nitrogens with two attached hydrogens (primary N) is 1. The van der Waals surface area contributed by atoms with Crippen molar-refractivity contribution >= 4 is 12.4 Å². The molecule has 2 rings (SSSR count). The van der Waals surface area contributed by atoms with Crippen LogP contribution in [-0.2, 0) is 0 Å². The molecule has 21 heavy (non-hydrogen) atoms. The normalized spacial score (nSPS) is 12.4. The highest BCUT2D eigenvalue weighted by atomic mass is 35.5. The Hall–Kier alpha value is -1.72. The molecular weight excluding hydrogens is 303 g/mol. The molecule has 0 bridgehead atoms. The third kappa shape index (κ3) is 4.95. The van der Waals surface area contributed by atoms with Crippen molar-refractivity contribution in [2.24, 2.45) is 5.73 Å². The number of ether oxygens (including phenoxy) is 1. The predicted molar refractivity (Wildman–Crippen MR) is 77.6 cm³/mol. The molecule has 0 fully saturated rings. The standard InChI is InChI=1S/C15H14F3NO.ClH/c1-10-3-2-4-12(9-10)14(19)11-5-7-13(8-6-11)20-15(16,17)18;/h2-9,14H,19H2,1H3;1H/t14-;/m1./s1. The van der Waals surface area contributed by atoms with Gasteiger partial charge in [-0.1, -0.05) is 42.0 Å². The summed E-state index contributed by atoms with van der Waals surface area (Å²) in [5.41, 5.74) is 8.82. The Balaban J connectivity index is 0.00000220. The van der Waals surface area contributed by atoms with Crippen molar-refractivity contribution in [2.45, 2.75) is 19.3 Å². The first-order chi connectivity index (χ1) is 9.35. The first kappa shape index (κ1) is 17.3. The number of hydrogen-bond acceptors (Lipinski definition) is 2. The molecule has 6 heteroatoms. The second-order valence-electron chi connectivity index (χ2n) is 4.51. The number of hydrogen-bond donors (Lipinski definition) is 1. The summed E-state index contributed by atoms with van der Waals surface area (Å²) in [7, 11) is 0. The van der Waals surface area contributed by atoms with Crippen LogP contribution >= 0.6 is 12.4 Å². The number of alkyl halides is 3. The van der Waals surface area contributed by atoms with Gasteiger partial charge in [0.2, 0.25) is 0 Å². The van der Waals surface area contributed by atoms with E-state index >= 15 is 0 Å². The van der Waals surface area contributed by atoms with Crippen molar-refractivity contribution in [2.75, 3.05) is 0 Å². The minimum absolute atomic E-state index is 0. The van der Waals surface area contributed by atoms with Crippen molar-refractivity contribution in [3.05, 3.63) is 65.2 Å². The van der Waals surface area contributed by atoms with E-state index in [1.165, 1.54) is 24.3 Å².